The van der Waals surface area contributed by atoms with Crippen molar-refractivity contribution in [3.63, 3.8) is 0 Å². The predicted octanol–water partition coefficient (Wildman–Crippen LogP) is 5.52. The summed E-state index contributed by atoms with van der Waals surface area (Å²) >= 11 is 6.14. The quantitative estimate of drug-likeness (QED) is 0.197. The molecule has 40 heavy (non-hydrogen) atoms. The Morgan fingerprint density at radius 2 is 1.93 bits per heavy atom. The second kappa shape index (κ2) is 10.9. The molecule has 3 N–H and O–H groups in total. The Balaban J connectivity index is 2.04. The number of amides is 1. The minimum atomic E-state index is -5.53. The standard InChI is InChI=1S/C23H22ClF7N7OP/c1-37(11-21(25,26)27)16-17(22(28,40)23(29,30)31)36-38(2)18(16)34-9-13(8-32)12-3-4-15(24)14(7-12)19(39)35-20(10-33)5-6-20/h3-4,7-9,32,34H,5-6,11,40H2,1-2H3,(H,35,39)/b13-9+,32-8?. The Hall–Kier alpha value is -3.37. The van der Waals surface area contributed by atoms with Gasteiger partial charge in [0.05, 0.1) is 16.7 Å². The van der Waals surface area contributed by atoms with Gasteiger partial charge >= 0.3 is 12.4 Å². The summed E-state index contributed by atoms with van der Waals surface area (Å²) in [7, 11) is 2.86. The summed E-state index contributed by atoms with van der Waals surface area (Å²) in [6.45, 7) is -1.72. The zero-order chi connectivity index (χ0) is 30.3. The van der Waals surface area contributed by atoms with Crippen molar-refractivity contribution in [3.05, 3.63) is 46.2 Å². The number of halogens is 8. The second-order valence-electron chi connectivity index (χ2n) is 9.08. The van der Waals surface area contributed by atoms with Gasteiger partial charge in [-0.2, -0.15) is 36.7 Å². The lowest BCUT2D eigenvalue weighted by molar-refractivity contribution is -0.200. The van der Waals surface area contributed by atoms with Gasteiger partial charge in [0, 0.05) is 32.1 Å². The molecular formula is C23H22ClF7N7OP. The molecule has 1 aliphatic rings. The number of carbonyl (C=O) groups excluding carboxylic acids is 1. The van der Waals surface area contributed by atoms with E-state index in [0.717, 1.165) is 40.4 Å². The average Bonchev–Trinajstić information content (AvgIpc) is 3.52. The molecule has 216 valence electrons. The molecule has 1 saturated carbocycles. The average molecular weight is 612 g/mol. The van der Waals surface area contributed by atoms with Gasteiger partial charge in [0.15, 0.2) is 5.82 Å². The minimum absolute atomic E-state index is 0.0208. The summed E-state index contributed by atoms with van der Waals surface area (Å²) in [6, 6.07) is 6.06. The molecule has 17 heteroatoms. The number of aryl methyl sites for hydroxylation is 1. The molecule has 0 spiro atoms. The molecule has 2 unspecified atom stereocenters. The maximum absolute atomic E-state index is 14.9. The summed E-state index contributed by atoms with van der Waals surface area (Å²) in [4.78, 5) is 13.1. The third kappa shape index (κ3) is 6.50. The predicted molar refractivity (Wildman–Crippen MR) is 138 cm³/mol. The molecule has 1 amide bonds. The van der Waals surface area contributed by atoms with Crippen molar-refractivity contribution in [2.24, 2.45) is 7.05 Å². The van der Waals surface area contributed by atoms with Gasteiger partial charge in [-0.05, 0) is 30.5 Å². The number of nitrogens with zero attached hydrogens (tertiary/aromatic N) is 4. The number of benzene rings is 1. The lowest BCUT2D eigenvalue weighted by Gasteiger charge is -2.27. The summed E-state index contributed by atoms with van der Waals surface area (Å²) in [5, 5.41) is 21.5. The van der Waals surface area contributed by atoms with E-state index in [1.165, 1.54) is 18.2 Å². The van der Waals surface area contributed by atoms with E-state index >= 15 is 0 Å². The highest BCUT2D eigenvalue weighted by atomic mass is 35.5. The maximum atomic E-state index is 14.9. The van der Waals surface area contributed by atoms with Gasteiger partial charge in [-0.15, -0.1) is 0 Å². The number of anilines is 2. The second-order valence-corrected chi connectivity index (χ2v) is 10.3. The van der Waals surface area contributed by atoms with Crippen molar-refractivity contribution in [3.8, 4) is 6.07 Å². The van der Waals surface area contributed by atoms with E-state index in [4.69, 9.17) is 17.0 Å². The first-order valence-electron chi connectivity index (χ1n) is 11.3. The first kappa shape index (κ1) is 31.2. The normalized spacial score (nSPS) is 16.5. The smallest absolute Gasteiger partial charge is 0.361 e. The van der Waals surface area contributed by atoms with Crippen LogP contribution in [0.1, 0.15) is 34.5 Å². The highest BCUT2D eigenvalue weighted by Crippen LogP contribution is 2.52. The first-order valence-corrected chi connectivity index (χ1v) is 12.2. The fourth-order valence-electron chi connectivity index (χ4n) is 3.67. The topological polar surface area (TPSA) is 110 Å². The Morgan fingerprint density at radius 1 is 1.30 bits per heavy atom. The number of hydrogen-bond acceptors (Lipinski definition) is 6. The number of nitrogens with one attached hydrogen (secondary N) is 3. The number of rotatable bonds is 9. The van der Waals surface area contributed by atoms with Gasteiger partial charge in [0.2, 0.25) is 0 Å². The number of hydrogen-bond donors (Lipinski definition) is 3. The van der Waals surface area contributed by atoms with Crippen molar-refractivity contribution in [1.29, 1.82) is 10.7 Å². The highest BCUT2D eigenvalue weighted by Gasteiger charge is 2.57. The van der Waals surface area contributed by atoms with Gasteiger partial charge in [-0.1, -0.05) is 26.9 Å². The van der Waals surface area contributed by atoms with Crippen LogP contribution in [0.2, 0.25) is 5.02 Å². The van der Waals surface area contributed by atoms with E-state index in [9.17, 15) is 40.8 Å². The molecule has 1 fully saturated rings. The van der Waals surface area contributed by atoms with Crippen LogP contribution in [-0.2, 0) is 12.5 Å². The molecule has 1 aromatic heterocycles. The van der Waals surface area contributed by atoms with Crippen LogP contribution in [0.4, 0.5) is 42.2 Å². The van der Waals surface area contributed by atoms with Crippen LogP contribution >= 0.6 is 20.8 Å². The molecule has 0 aliphatic heterocycles. The molecule has 1 aromatic carbocycles. The van der Waals surface area contributed by atoms with E-state index in [2.05, 4.69) is 15.7 Å². The summed E-state index contributed by atoms with van der Waals surface area (Å²) in [5.41, 5.74) is -2.94. The Kier molecular flexibility index (Phi) is 8.49. The lowest BCUT2D eigenvalue weighted by atomic mass is 10.0. The van der Waals surface area contributed by atoms with Crippen molar-refractivity contribution in [2.75, 3.05) is 23.8 Å². The molecule has 1 aliphatic carbocycles. The van der Waals surface area contributed by atoms with Gasteiger partial charge < -0.3 is 20.9 Å². The molecule has 0 saturated heterocycles. The number of nitriles is 1. The Morgan fingerprint density at radius 3 is 2.42 bits per heavy atom. The number of allylic oxidation sites excluding steroid dienone is 1. The zero-order valence-corrected chi connectivity index (χ0v) is 22.7. The number of aromatic nitrogens is 2. The zero-order valence-electron chi connectivity index (χ0n) is 20.8. The number of carbonyl (C=O) groups is 1. The molecule has 1 heterocycles. The summed E-state index contributed by atoms with van der Waals surface area (Å²) < 4.78 is 95.5. The molecule has 0 bridgehead atoms. The lowest BCUT2D eigenvalue weighted by Crippen LogP contribution is -2.36. The molecule has 0 radical (unpaired) electrons. The van der Waals surface area contributed by atoms with Gasteiger partial charge in [0.1, 0.15) is 23.5 Å². The van der Waals surface area contributed by atoms with Gasteiger partial charge in [0.25, 0.3) is 11.3 Å². The molecule has 2 atom stereocenters. The fourth-order valence-corrected chi connectivity index (χ4v) is 4.07. The Labute approximate surface area is 230 Å². The van der Waals surface area contributed by atoms with Crippen molar-refractivity contribution in [1.82, 2.24) is 15.1 Å². The third-order valence-electron chi connectivity index (χ3n) is 5.96. The molecular weight excluding hydrogens is 590 g/mol. The first-order chi connectivity index (χ1) is 18.4. The van der Waals surface area contributed by atoms with Crippen LogP contribution in [0, 0.1) is 16.7 Å². The van der Waals surface area contributed by atoms with Gasteiger partial charge in [-0.25, -0.2) is 4.39 Å². The molecule has 8 nitrogen and oxygen atoms in total. The van der Waals surface area contributed by atoms with Crippen LogP contribution in [-0.4, -0.2) is 53.4 Å². The molecule has 3 rings (SSSR count). The van der Waals surface area contributed by atoms with E-state index in [0.29, 0.717) is 17.7 Å². The highest BCUT2D eigenvalue weighted by molar-refractivity contribution is 7.18. The van der Waals surface area contributed by atoms with Gasteiger partial charge in [-0.3, -0.25) is 9.48 Å². The summed E-state index contributed by atoms with van der Waals surface area (Å²) in [6.07, 6.45) is -7.58. The van der Waals surface area contributed by atoms with Crippen molar-refractivity contribution in [2.45, 2.75) is 36.1 Å². The van der Waals surface area contributed by atoms with Crippen LogP contribution in [0.3, 0.4) is 0 Å². The van der Waals surface area contributed by atoms with E-state index in [1.807, 2.05) is 6.07 Å². The summed E-state index contributed by atoms with van der Waals surface area (Å²) in [5.74, 6) is -1.09. The largest absolute Gasteiger partial charge is 0.431 e. The van der Waals surface area contributed by atoms with Crippen molar-refractivity contribution >= 4 is 50.0 Å². The van der Waals surface area contributed by atoms with Crippen LogP contribution < -0.4 is 15.5 Å². The molecule has 2 aromatic rings. The maximum Gasteiger partial charge on any atom is 0.431 e. The number of alkyl halides is 7. The Bertz CT molecular complexity index is 1390. The van der Waals surface area contributed by atoms with Crippen LogP contribution in [0.25, 0.3) is 5.57 Å². The van der Waals surface area contributed by atoms with E-state index in [1.54, 1.807) is 0 Å². The third-order valence-corrected chi connectivity index (χ3v) is 6.89. The monoisotopic (exact) mass is 611 g/mol. The SMILES string of the molecule is CN(CC(F)(F)F)c1c(C(F)(P)C(F)(F)F)nn(C)c1N/C=C(\C=N)c1ccc(Cl)c(C(=O)NC2(C#N)CC2)c1. The van der Waals surface area contributed by atoms with Crippen LogP contribution in [0.5, 0.6) is 0 Å². The van der Waals surface area contributed by atoms with E-state index in [-0.39, 0.29) is 21.7 Å². The fraction of sp³-hybridized carbons (Fsp3) is 0.391. The minimum Gasteiger partial charge on any atom is -0.361 e. The van der Waals surface area contributed by atoms with E-state index < -0.39 is 53.0 Å². The van der Waals surface area contributed by atoms with Crippen molar-refractivity contribution < 1.29 is 35.5 Å². The van der Waals surface area contributed by atoms with Crippen LogP contribution in [0.15, 0.2) is 24.4 Å².